The number of hydrogen-bond donors (Lipinski definition) is 2. The first kappa shape index (κ1) is 19.0. The van der Waals surface area contributed by atoms with Crippen LogP contribution >= 0.6 is 0 Å². The van der Waals surface area contributed by atoms with E-state index in [1.165, 1.54) is 32.1 Å². The van der Waals surface area contributed by atoms with Crippen molar-refractivity contribution in [2.75, 3.05) is 25.1 Å². The molecule has 5 rings (SSSR count). The van der Waals surface area contributed by atoms with Crippen molar-refractivity contribution in [1.29, 1.82) is 0 Å². The lowest BCUT2D eigenvalue weighted by Gasteiger charge is -2.25. The fourth-order valence-electron chi connectivity index (χ4n) is 4.87. The minimum absolute atomic E-state index is 0.0443. The van der Waals surface area contributed by atoms with E-state index >= 15 is 0 Å². The number of aromatic nitrogens is 2. The smallest absolute Gasteiger partial charge is 0.223 e. The van der Waals surface area contributed by atoms with Crippen LogP contribution in [0, 0.1) is 5.92 Å². The summed E-state index contributed by atoms with van der Waals surface area (Å²) < 4.78 is 12.2. The van der Waals surface area contributed by atoms with E-state index < -0.39 is 0 Å². The van der Waals surface area contributed by atoms with Gasteiger partial charge in [0.25, 0.3) is 0 Å². The van der Waals surface area contributed by atoms with E-state index in [0.29, 0.717) is 19.2 Å². The molecule has 0 unspecified atom stereocenters. The molecule has 6 heteroatoms. The Balaban J connectivity index is 1.19. The van der Waals surface area contributed by atoms with Crippen LogP contribution in [0.2, 0.25) is 0 Å². The molecule has 2 saturated heterocycles. The summed E-state index contributed by atoms with van der Waals surface area (Å²) in [6, 6.07) is 12.5. The lowest BCUT2D eigenvalue weighted by Crippen LogP contribution is -2.44. The quantitative estimate of drug-likeness (QED) is 0.784. The molecule has 2 aromatic rings. The zero-order valence-corrected chi connectivity index (χ0v) is 16.8. The normalized spacial score (nSPS) is 29.7. The molecule has 29 heavy (non-hydrogen) atoms. The molecular weight excluding hydrogens is 364 g/mol. The van der Waals surface area contributed by atoms with E-state index in [2.05, 4.69) is 32.7 Å². The number of benzene rings is 1. The number of rotatable bonds is 6. The van der Waals surface area contributed by atoms with Crippen molar-refractivity contribution in [1.82, 2.24) is 15.3 Å². The van der Waals surface area contributed by atoms with E-state index in [-0.39, 0.29) is 24.3 Å². The third-order valence-corrected chi connectivity index (χ3v) is 6.49. The molecule has 2 N–H and O–H groups in total. The highest BCUT2D eigenvalue weighted by molar-refractivity contribution is 5.59. The number of nitrogens with zero attached hydrogens (tertiary/aromatic N) is 2. The van der Waals surface area contributed by atoms with Gasteiger partial charge in [-0.1, -0.05) is 49.6 Å². The van der Waals surface area contributed by atoms with Gasteiger partial charge in [-0.05, 0) is 31.4 Å². The zero-order chi connectivity index (χ0) is 19.5. The molecule has 2 aliphatic heterocycles. The molecule has 1 aromatic heterocycles. The summed E-state index contributed by atoms with van der Waals surface area (Å²) in [6.07, 6.45) is 8.82. The number of anilines is 1. The van der Waals surface area contributed by atoms with Crippen LogP contribution in [0.4, 0.5) is 5.95 Å². The van der Waals surface area contributed by atoms with Crippen LogP contribution < -0.4 is 10.6 Å². The van der Waals surface area contributed by atoms with Crippen LogP contribution in [0.3, 0.4) is 0 Å². The molecule has 3 aliphatic rings. The average Bonchev–Trinajstić information content (AvgIpc) is 3.37. The van der Waals surface area contributed by atoms with Crippen LogP contribution in [0.1, 0.15) is 32.1 Å². The topological polar surface area (TPSA) is 68.3 Å². The standard InChI is InChI=1S/C23H30N4O2/c1-3-7-16(8-4-1)13-25-19-14-28-22-20(15-29-21(19)22)27-23-24-12-11-18(26-23)17-9-5-2-6-10-17/h2,5-6,9-12,16,19-22,25H,1,3-4,7-8,13-15H2,(H,24,26,27)/t19-,20-,21+,22+/m0/s1. The van der Waals surface area contributed by atoms with Crippen LogP contribution in [-0.2, 0) is 9.47 Å². The highest BCUT2D eigenvalue weighted by atomic mass is 16.6. The molecule has 0 spiro atoms. The molecule has 1 aliphatic carbocycles. The Hall–Kier alpha value is -2.02. The molecule has 0 bridgehead atoms. The summed E-state index contributed by atoms with van der Waals surface area (Å²) >= 11 is 0. The summed E-state index contributed by atoms with van der Waals surface area (Å²) in [5, 5.41) is 7.18. The van der Waals surface area contributed by atoms with Gasteiger partial charge < -0.3 is 20.1 Å². The average molecular weight is 395 g/mol. The van der Waals surface area contributed by atoms with Gasteiger partial charge in [-0.3, -0.25) is 0 Å². The fourth-order valence-corrected chi connectivity index (χ4v) is 4.87. The lowest BCUT2D eigenvalue weighted by molar-refractivity contribution is 0.0671. The van der Waals surface area contributed by atoms with Crippen LogP contribution in [0.25, 0.3) is 11.3 Å². The Morgan fingerprint density at radius 1 is 0.897 bits per heavy atom. The van der Waals surface area contributed by atoms with Crippen LogP contribution in [0.5, 0.6) is 0 Å². The van der Waals surface area contributed by atoms with E-state index in [4.69, 9.17) is 9.47 Å². The van der Waals surface area contributed by atoms with Crippen molar-refractivity contribution in [2.24, 2.45) is 5.92 Å². The molecule has 4 atom stereocenters. The van der Waals surface area contributed by atoms with Gasteiger partial charge in [-0.15, -0.1) is 0 Å². The fraction of sp³-hybridized carbons (Fsp3) is 0.565. The number of hydrogen-bond acceptors (Lipinski definition) is 6. The number of ether oxygens (including phenoxy) is 2. The Morgan fingerprint density at radius 3 is 2.48 bits per heavy atom. The van der Waals surface area contributed by atoms with Crippen molar-refractivity contribution in [3.8, 4) is 11.3 Å². The number of nitrogens with one attached hydrogen (secondary N) is 2. The van der Waals surface area contributed by atoms with Gasteiger partial charge in [0.15, 0.2) is 0 Å². The van der Waals surface area contributed by atoms with Gasteiger partial charge >= 0.3 is 0 Å². The Labute approximate surface area is 172 Å². The Kier molecular flexibility index (Phi) is 5.74. The third-order valence-electron chi connectivity index (χ3n) is 6.49. The molecule has 1 saturated carbocycles. The summed E-state index contributed by atoms with van der Waals surface area (Å²) in [6.45, 7) is 2.42. The molecule has 3 fully saturated rings. The monoisotopic (exact) mass is 394 g/mol. The van der Waals surface area contributed by atoms with Crippen molar-refractivity contribution >= 4 is 5.95 Å². The van der Waals surface area contributed by atoms with Gasteiger partial charge in [0.2, 0.25) is 5.95 Å². The van der Waals surface area contributed by atoms with E-state index in [1.54, 1.807) is 6.20 Å². The van der Waals surface area contributed by atoms with Crippen LogP contribution in [0.15, 0.2) is 42.6 Å². The molecule has 154 valence electrons. The van der Waals surface area contributed by atoms with E-state index in [9.17, 15) is 0 Å². The van der Waals surface area contributed by atoms with Crippen LogP contribution in [-0.4, -0.2) is 54.0 Å². The Bertz CT molecular complexity index is 796. The SMILES string of the molecule is c1ccc(-c2ccnc(N[C@H]3CO[C@H]4[C@@H]3OC[C@@H]4NCC3CCCCC3)n2)cc1. The van der Waals surface area contributed by atoms with Gasteiger partial charge in [-0.25, -0.2) is 9.97 Å². The molecule has 0 radical (unpaired) electrons. The van der Waals surface area contributed by atoms with Gasteiger partial charge in [-0.2, -0.15) is 0 Å². The van der Waals surface area contributed by atoms with Gasteiger partial charge in [0.05, 0.1) is 31.0 Å². The highest BCUT2D eigenvalue weighted by Crippen LogP contribution is 2.30. The summed E-state index contributed by atoms with van der Waals surface area (Å²) in [5.41, 5.74) is 2.00. The van der Waals surface area contributed by atoms with Gasteiger partial charge in [0.1, 0.15) is 12.2 Å². The maximum atomic E-state index is 6.12. The maximum absolute atomic E-state index is 6.12. The van der Waals surface area contributed by atoms with Crippen molar-refractivity contribution < 1.29 is 9.47 Å². The van der Waals surface area contributed by atoms with Gasteiger partial charge in [0, 0.05) is 11.8 Å². The van der Waals surface area contributed by atoms with E-state index in [1.807, 2.05) is 24.3 Å². The first-order valence-electron chi connectivity index (χ1n) is 11.0. The second-order valence-electron chi connectivity index (χ2n) is 8.50. The molecule has 3 heterocycles. The highest BCUT2D eigenvalue weighted by Gasteiger charge is 2.47. The summed E-state index contributed by atoms with van der Waals surface area (Å²) in [4.78, 5) is 9.10. The third kappa shape index (κ3) is 4.29. The second-order valence-corrected chi connectivity index (χ2v) is 8.50. The van der Waals surface area contributed by atoms with Crippen molar-refractivity contribution in [3.05, 3.63) is 42.6 Å². The lowest BCUT2D eigenvalue weighted by atomic mass is 9.89. The Morgan fingerprint density at radius 2 is 1.66 bits per heavy atom. The molecule has 6 nitrogen and oxygen atoms in total. The predicted molar refractivity (Wildman–Crippen MR) is 113 cm³/mol. The molecule has 0 amide bonds. The minimum Gasteiger partial charge on any atom is -0.371 e. The first-order valence-corrected chi connectivity index (χ1v) is 11.0. The second kappa shape index (κ2) is 8.78. The number of fused-ring (bicyclic) bond motifs is 1. The summed E-state index contributed by atoms with van der Waals surface area (Å²) in [5.74, 6) is 1.44. The largest absolute Gasteiger partial charge is 0.371 e. The molecule has 1 aromatic carbocycles. The maximum Gasteiger partial charge on any atom is 0.223 e. The zero-order valence-electron chi connectivity index (χ0n) is 16.8. The molecular formula is C23H30N4O2. The van der Waals surface area contributed by atoms with Crippen molar-refractivity contribution in [3.63, 3.8) is 0 Å². The summed E-state index contributed by atoms with van der Waals surface area (Å²) in [7, 11) is 0. The minimum atomic E-state index is 0.0443. The van der Waals surface area contributed by atoms with E-state index in [0.717, 1.165) is 23.7 Å². The first-order chi connectivity index (χ1) is 14.4. The van der Waals surface area contributed by atoms with Crippen molar-refractivity contribution in [2.45, 2.75) is 56.4 Å². The predicted octanol–water partition coefficient (Wildman–Crippen LogP) is 3.26.